The lowest BCUT2D eigenvalue weighted by atomic mass is 9.93. The molecule has 1 aromatic heterocycles. The van der Waals surface area contributed by atoms with E-state index in [1.54, 1.807) is 0 Å². The highest BCUT2D eigenvalue weighted by molar-refractivity contribution is 5.39. The van der Waals surface area contributed by atoms with E-state index in [4.69, 9.17) is 5.73 Å². The number of pyridine rings is 1. The molecule has 1 rings (SSSR count). The van der Waals surface area contributed by atoms with Crippen molar-refractivity contribution in [2.24, 2.45) is 11.1 Å². The maximum absolute atomic E-state index is 5.72. The summed E-state index contributed by atoms with van der Waals surface area (Å²) in [5, 5.41) is 0. The Morgan fingerprint density at radius 3 is 2.67 bits per heavy atom. The van der Waals surface area contributed by atoms with Crippen LogP contribution >= 0.6 is 0 Å². The minimum atomic E-state index is 0.125. The van der Waals surface area contributed by atoms with E-state index in [0.717, 1.165) is 12.4 Å². The molecule has 84 valence electrons. The molecule has 0 unspecified atom stereocenters. The highest BCUT2D eigenvalue weighted by Gasteiger charge is 2.18. The number of anilines is 1. The van der Waals surface area contributed by atoms with Gasteiger partial charge in [0.15, 0.2) is 0 Å². The molecule has 0 spiro atoms. The van der Waals surface area contributed by atoms with E-state index in [1.165, 1.54) is 5.56 Å². The van der Waals surface area contributed by atoms with E-state index in [2.05, 4.69) is 43.8 Å². The van der Waals surface area contributed by atoms with Crippen LogP contribution in [0, 0.1) is 12.3 Å². The van der Waals surface area contributed by atoms with Crippen LogP contribution in [0.1, 0.15) is 19.4 Å². The minimum absolute atomic E-state index is 0.125. The highest BCUT2D eigenvalue weighted by atomic mass is 15.2. The summed E-state index contributed by atoms with van der Waals surface area (Å²) in [4.78, 5) is 6.50. The van der Waals surface area contributed by atoms with Gasteiger partial charge in [-0.25, -0.2) is 4.98 Å². The van der Waals surface area contributed by atoms with Gasteiger partial charge in [0, 0.05) is 19.8 Å². The predicted octanol–water partition coefficient (Wildman–Crippen LogP) is 1.81. The normalized spacial score (nSPS) is 11.5. The minimum Gasteiger partial charge on any atom is -0.359 e. The van der Waals surface area contributed by atoms with Crippen LogP contribution in [0.4, 0.5) is 5.82 Å². The Kier molecular flexibility index (Phi) is 3.69. The third kappa shape index (κ3) is 3.51. The summed E-state index contributed by atoms with van der Waals surface area (Å²) in [6.45, 7) is 8.01. The fourth-order valence-corrected chi connectivity index (χ4v) is 1.52. The summed E-state index contributed by atoms with van der Waals surface area (Å²) < 4.78 is 0. The van der Waals surface area contributed by atoms with Crippen molar-refractivity contribution >= 4 is 5.82 Å². The molecule has 1 aromatic rings. The molecule has 15 heavy (non-hydrogen) atoms. The summed E-state index contributed by atoms with van der Waals surface area (Å²) in [5.74, 6) is 1.01. The first-order valence-corrected chi connectivity index (χ1v) is 5.28. The maximum atomic E-state index is 5.72. The van der Waals surface area contributed by atoms with Gasteiger partial charge in [-0.1, -0.05) is 13.8 Å². The Morgan fingerprint density at radius 2 is 2.13 bits per heavy atom. The smallest absolute Gasteiger partial charge is 0.128 e. The fourth-order valence-electron chi connectivity index (χ4n) is 1.52. The standard InChI is InChI=1S/C12H21N3/c1-10-5-6-14-11(7-10)15(4)9-12(2,3)8-13/h5-7H,8-9,13H2,1-4H3. The van der Waals surface area contributed by atoms with Crippen molar-refractivity contribution in [3.05, 3.63) is 23.9 Å². The van der Waals surface area contributed by atoms with E-state index >= 15 is 0 Å². The van der Waals surface area contributed by atoms with Crippen molar-refractivity contribution in [2.45, 2.75) is 20.8 Å². The van der Waals surface area contributed by atoms with E-state index in [9.17, 15) is 0 Å². The van der Waals surface area contributed by atoms with Gasteiger partial charge in [0.25, 0.3) is 0 Å². The van der Waals surface area contributed by atoms with Gasteiger partial charge < -0.3 is 10.6 Å². The molecule has 0 aliphatic rings. The predicted molar refractivity (Wildman–Crippen MR) is 65.1 cm³/mol. The summed E-state index contributed by atoms with van der Waals surface area (Å²) in [6, 6.07) is 4.10. The van der Waals surface area contributed by atoms with Crippen molar-refractivity contribution in [3.8, 4) is 0 Å². The molecule has 0 atom stereocenters. The molecule has 3 heteroatoms. The average molecular weight is 207 g/mol. The third-order valence-corrected chi connectivity index (χ3v) is 2.51. The summed E-state index contributed by atoms with van der Waals surface area (Å²) in [7, 11) is 2.05. The number of hydrogen-bond donors (Lipinski definition) is 1. The van der Waals surface area contributed by atoms with Gasteiger partial charge in [-0.05, 0) is 36.6 Å². The molecule has 0 bridgehead atoms. The SMILES string of the molecule is Cc1ccnc(N(C)CC(C)(C)CN)c1. The molecule has 0 aliphatic heterocycles. The molecule has 0 radical (unpaired) electrons. The van der Waals surface area contributed by atoms with Crippen molar-refractivity contribution in [3.63, 3.8) is 0 Å². The van der Waals surface area contributed by atoms with Crippen LogP contribution in [0.5, 0.6) is 0 Å². The zero-order chi connectivity index (χ0) is 11.5. The first-order valence-electron chi connectivity index (χ1n) is 5.28. The molecule has 0 aromatic carbocycles. The lowest BCUT2D eigenvalue weighted by molar-refractivity contribution is 0.384. The number of hydrogen-bond acceptors (Lipinski definition) is 3. The van der Waals surface area contributed by atoms with Crippen LogP contribution in [0.15, 0.2) is 18.3 Å². The van der Waals surface area contributed by atoms with Crippen LogP contribution in [0.25, 0.3) is 0 Å². The van der Waals surface area contributed by atoms with Crippen molar-refractivity contribution in [1.29, 1.82) is 0 Å². The fraction of sp³-hybridized carbons (Fsp3) is 0.583. The number of nitrogens with two attached hydrogens (primary N) is 1. The Morgan fingerprint density at radius 1 is 1.47 bits per heavy atom. The van der Waals surface area contributed by atoms with Gasteiger partial charge >= 0.3 is 0 Å². The molecule has 0 fully saturated rings. The number of rotatable bonds is 4. The average Bonchev–Trinajstić information content (AvgIpc) is 2.17. The second-order valence-electron chi connectivity index (χ2n) is 4.92. The summed E-state index contributed by atoms with van der Waals surface area (Å²) >= 11 is 0. The monoisotopic (exact) mass is 207 g/mol. The first kappa shape index (κ1) is 12.0. The number of nitrogens with zero attached hydrogens (tertiary/aromatic N) is 2. The molecular formula is C12H21N3. The Balaban J connectivity index is 2.73. The van der Waals surface area contributed by atoms with Gasteiger partial charge in [-0.2, -0.15) is 0 Å². The van der Waals surface area contributed by atoms with Gasteiger partial charge in [0.2, 0.25) is 0 Å². The molecule has 2 N–H and O–H groups in total. The maximum Gasteiger partial charge on any atom is 0.128 e. The Hall–Kier alpha value is -1.09. The topological polar surface area (TPSA) is 42.2 Å². The molecule has 0 aliphatic carbocycles. The van der Waals surface area contributed by atoms with E-state index in [1.807, 2.05) is 12.3 Å². The molecule has 1 heterocycles. The summed E-state index contributed by atoms with van der Waals surface area (Å²) in [6.07, 6.45) is 1.84. The van der Waals surface area contributed by atoms with E-state index in [0.29, 0.717) is 6.54 Å². The largest absolute Gasteiger partial charge is 0.359 e. The van der Waals surface area contributed by atoms with E-state index < -0.39 is 0 Å². The van der Waals surface area contributed by atoms with Crippen LogP contribution < -0.4 is 10.6 Å². The van der Waals surface area contributed by atoms with Crippen LogP contribution in [0.2, 0.25) is 0 Å². The van der Waals surface area contributed by atoms with Crippen LogP contribution in [-0.4, -0.2) is 25.1 Å². The third-order valence-electron chi connectivity index (χ3n) is 2.51. The van der Waals surface area contributed by atoms with Crippen molar-refractivity contribution in [1.82, 2.24) is 4.98 Å². The van der Waals surface area contributed by atoms with Crippen LogP contribution in [-0.2, 0) is 0 Å². The lowest BCUT2D eigenvalue weighted by Crippen LogP contribution is -2.37. The Labute approximate surface area is 92.3 Å². The molecule has 3 nitrogen and oxygen atoms in total. The zero-order valence-corrected chi connectivity index (χ0v) is 10.1. The lowest BCUT2D eigenvalue weighted by Gasteiger charge is -2.29. The van der Waals surface area contributed by atoms with Gasteiger partial charge in [-0.3, -0.25) is 0 Å². The van der Waals surface area contributed by atoms with Crippen LogP contribution in [0.3, 0.4) is 0 Å². The summed E-state index contributed by atoms with van der Waals surface area (Å²) in [5.41, 5.74) is 7.07. The highest BCUT2D eigenvalue weighted by Crippen LogP contribution is 2.18. The zero-order valence-electron chi connectivity index (χ0n) is 10.1. The van der Waals surface area contributed by atoms with Gasteiger partial charge in [-0.15, -0.1) is 0 Å². The molecular weight excluding hydrogens is 186 g/mol. The Bertz CT molecular complexity index is 320. The quantitative estimate of drug-likeness (QED) is 0.818. The molecule has 0 saturated heterocycles. The van der Waals surface area contributed by atoms with Crippen molar-refractivity contribution < 1.29 is 0 Å². The first-order chi connectivity index (χ1) is 6.94. The van der Waals surface area contributed by atoms with Crippen molar-refractivity contribution in [2.75, 3.05) is 25.0 Å². The number of aromatic nitrogens is 1. The van der Waals surface area contributed by atoms with Gasteiger partial charge in [0.05, 0.1) is 0 Å². The molecule has 0 amide bonds. The second-order valence-corrected chi connectivity index (χ2v) is 4.92. The second kappa shape index (κ2) is 4.62. The number of aryl methyl sites for hydroxylation is 1. The van der Waals surface area contributed by atoms with Gasteiger partial charge in [0.1, 0.15) is 5.82 Å². The molecule has 0 saturated carbocycles. The van der Waals surface area contributed by atoms with E-state index in [-0.39, 0.29) is 5.41 Å².